The first-order valence-electron chi connectivity index (χ1n) is 8.32. The van der Waals surface area contributed by atoms with Gasteiger partial charge in [-0.15, -0.1) is 0 Å². The van der Waals surface area contributed by atoms with Crippen LogP contribution in [0.4, 0.5) is 0 Å². The number of pyridine rings is 1. The zero-order chi connectivity index (χ0) is 20.0. The van der Waals surface area contributed by atoms with E-state index in [0.29, 0.717) is 39.9 Å². The predicted octanol–water partition coefficient (Wildman–Crippen LogP) is 3.27. The highest BCUT2D eigenvalue weighted by Gasteiger charge is 2.18. The number of aromatic nitrogens is 1. The average molecular weight is 373 g/mol. The summed E-state index contributed by atoms with van der Waals surface area (Å²) in [5, 5.41) is 0. The Labute approximate surface area is 158 Å². The molecule has 0 unspecified atom stereocenters. The van der Waals surface area contributed by atoms with E-state index in [1.807, 2.05) is 0 Å². The van der Waals surface area contributed by atoms with E-state index in [4.69, 9.17) is 18.9 Å². The van der Waals surface area contributed by atoms with Crippen molar-refractivity contribution in [2.75, 3.05) is 28.4 Å². The Kier molecular flexibility index (Phi) is 6.76. The number of Topliss-reactive ketones (excluding diaryl/α,β-unsaturated/α-hetero) is 2. The van der Waals surface area contributed by atoms with Crippen molar-refractivity contribution in [3.05, 3.63) is 41.1 Å². The molecule has 1 aromatic heterocycles. The summed E-state index contributed by atoms with van der Waals surface area (Å²) >= 11 is 0. The summed E-state index contributed by atoms with van der Waals surface area (Å²) < 4.78 is 20.8. The SMILES string of the molecule is COc1cc(C(=O)CCC(=O)c2cc(OC)c(OC)c(OC)c2)cc(C)n1. The highest BCUT2D eigenvalue weighted by molar-refractivity contribution is 6.02. The van der Waals surface area contributed by atoms with Crippen molar-refractivity contribution in [2.45, 2.75) is 19.8 Å². The number of methoxy groups -OCH3 is 4. The molecule has 0 radical (unpaired) electrons. The van der Waals surface area contributed by atoms with E-state index in [9.17, 15) is 9.59 Å². The molecule has 1 heterocycles. The number of rotatable bonds is 9. The van der Waals surface area contributed by atoms with Crippen LogP contribution in [-0.4, -0.2) is 45.0 Å². The molecule has 0 bridgehead atoms. The van der Waals surface area contributed by atoms with Crippen molar-refractivity contribution in [1.29, 1.82) is 0 Å². The molecule has 0 spiro atoms. The van der Waals surface area contributed by atoms with Crippen LogP contribution in [-0.2, 0) is 0 Å². The van der Waals surface area contributed by atoms with Crippen LogP contribution in [0.15, 0.2) is 24.3 Å². The molecular weight excluding hydrogens is 350 g/mol. The number of ketones is 2. The van der Waals surface area contributed by atoms with E-state index in [1.165, 1.54) is 28.4 Å². The monoisotopic (exact) mass is 373 g/mol. The molecule has 2 rings (SSSR count). The van der Waals surface area contributed by atoms with Gasteiger partial charge >= 0.3 is 0 Å². The van der Waals surface area contributed by atoms with Gasteiger partial charge in [0.15, 0.2) is 23.1 Å². The Balaban J connectivity index is 2.16. The predicted molar refractivity (Wildman–Crippen MR) is 99.5 cm³/mol. The summed E-state index contributed by atoms with van der Waals surface area (Å²) in [4.78, 5) is 29.2. The number of nitrogens with zero attached hydrogens (tertiary/aromatic N) is 1. The normalized spacial score (nSPS) is 10.3. The molecule has 144 valence electrons. The first-order chi connectivity index (χ1) is 12.9. The zero-order valence-electron chi connectivity index (χ0n) is 16.1. The van der Waals surface area contributed by atoms with Crippen molar-refractivity contribution in [3.8, 4) is 23.1 Å². The Morgan fingerprint density at radius 1 is 0.778 bits per heavy atom. The third kappa shape index (κ3) is 4.75. The number of ether oxygens (including phenoxy) is 4. The van der Waals surface area contributed by atoms with Crippen LogP contribution in [0.1, 0.15) is 39.3 Å². The molecule has 0 aliphatic carbocycles. The lowest BCUT2D eigenvalue weighted by Crippen LogP contribution is -2.07. The van der Waals surface area contributed by atoms with Crippen LogP contribution < -0.4 is 18.9 Å². The Hall–Kier alpha value is -3.09. The van der Waals surface area contributed by atoms with Crippen LogP contribution in [0.2, 0.25) is 0 Å². The highest BCUT2D eigenvalue weighted by atomic mass is 16.5. The van der Waals surface area contributed by atoms with Crippen molar-refractivity contribution in [1.82, 2.24) is 4.98 Å². The van der Waals surface area contributed by atoms with Gasteiger partial charge in [0.05, 0.1) is 28.4 Å². The summed E-state index contributed by atoms with van der Waals surface area (Å²) in [6, 6.07) is 6.40. The number of benzene rings is 1. The fourth-order valence-corrected chi connectivity index (χ4v) is 2.66. The molecule has 27 heavy (non-hydrogen) atoms. The van der Waals surface area contributed by atoms with E-state index in [-0.39, 0.29) is 24.4 Å². The number of carbonyl (C=O) groups excluding carboxylic acids is 2. The minimum atomic E-state index is -0.194. The highest BCUT2D eigenvalue weighted by Crippen LogP contribution is 2.38. The van der Waals surface area contributed by atoms with E-state index in [2.05, 4.69) is 4.98 Å². The molecular formula is C20H23NO6. The van der Waals surface area contributed by atoms with E-state index in [1.54, 1.807) is 31.2 Å². The lowest BCUT2D eigenvalue weighted by molar-refractivity contribution is 0.0917. The summed E-state index contributed by atoms with van der Waals surface area (Å²) in [7, 11) is 5.94. The van der Waals surface area contributed by atoms with Crippen LogP contribution in [0.3, 0.4) is 0 Å². The third-order valence-electron chi connectivity index (χ3n) is 4.03. The van der Waals surface area contributed by atoms with Gasteiger partial charge in [0.2, 0.25) is 11.6 Å². The van der Waals surface area contributed by atoms with E-state index in [0.717, 1.165) is 0 Å². The largest absolute Gasteiger partial charge is 0.493 e. The van der Waals surface area contributed by atoms with Gasteiger partial charge in [-0.2, -0.15) is 0 Å². The summed E-state index contributed by atoms with van der Waals surface area (Å²) in [5.74, 6) is 1.21. The smallest absolute Gasteiger partial charge is 0.213 e. The van der Waals surface area contributed by atoms with Gasteiger partial charge in [-0.3, -0.25) is 9.59 Å². The second-order valence-electron chi connectivity index (χ2n) is 5.80. The first kappa shape index (κ1) is 20.2. The molecule has 0 fully saturated rings. The molecule has 0 amide bonds. The molecule has 7 heteroatoms. The topological polar surface area (TPSA) is 84.0 Å². The number of aryl methyl sites for hydroxylation is 1. The van der Waals surface area contributed by atoms with Gasteiger partial charge in [-0.1, -0.05) is 0 Å². The van der Waals surface area contributed by atoms with Crippen LogP contribution in [0.5, 0.6) is 23.1 Å². The second kappa shape index (κ2) is 9.02. The van der Waals surface area contributed by atoms with Gasteiger partial charge in [0.1, 0.15) is 0 Å². The van der Waals surface area contributed by atoms with Crippen LogP contribution in [0, 0.1) is 6.92 Å². The standard InChI is InChI=1S/C20H23NO6/c1-12-8-13(11-19(21-12)26-4)15(22)6-7-16(23)14-9-17(24-2)20(27-5)18(10-14)25-3/h8-11H,6-7H2,1-5H3. The molecule has 0 aliphatic rings. The van der Waals surface area contributed by atoms with Gasteiger partial charge in [-0.05, 0) is 25.1 Å². The van der Waals surface area contributed by atoms with Crippen molar-refractivity contribution >= 4 is 11.6 Å². The van der Waals surface area contributed by atoms with Gasteiger partial charge in [-0.25, -0.2) is 4.98 Å². The molecule has 0 N–H and O–H groups in total. The van der Waals surface area contributed by atoms with E-state index >= 15 is 0 Å². The number of hydrogen-bond acceptors (Lipinski definition) is 7. The number of hydrogen-bond donors (Lipinski definition) is 0. The Morgan fingerprint density at radius 3 is 1.74 bits per heavy atom. The van der Waals surface area contributed by atoms with Gasteiger partial charge in [0, 0.05) is 35.7 Å². The maximum atomic E-state index is 12.6. The molecule has 0 aliphatic heterocycles. The quantitative estimate of drug-likeness (QED) is 0.624. The molecule has 2 aromatic rings. The average Bonchev–Trinajstić information content (AvgIpc) is 2.69. The third-order valence-corrected chi connectivity index (χ3v) is 4.03. The molecule has 0 saturated heterocycles. The van der Waals surface area contributed by atoms with Gasteiger partial charge < -0.3 is 18.9 Å². The maximum Gasteiger partial charge on any atom is 0.213 e. The summed E-state index contributed by atoms with van der Waals surface area (Å²) in [6.07, 6.45) is 0.128. The Morgan fingerprint density at radius 2 is 1.30 bits per heavy atom. The second-order valence-corrected chi connectivity index (χ2v) is 5.80. The number of carbonyl (C=O) groups is 2. The summed E-state index contributed by atoms with van der Waals surface area (Å²) in [6.45, 7) is 1.78. The Bertz CT molecular complexity index is 821. The first-order valence-corrected chi connectivity index (χ1v) is 8.32. The fourth-order valence-electron chi connectivity index (χ4n) is 2.66. The zero-order valence-corrected chi connectivity index (χ0v) is 16.1. The van der Waals surface area contributed by atoms with Crippen LogP contribution in [0.25, 0.3) is 0 Å². The van der Waals surface area contributed by atoms with Crippen molar-refractivity contribution < 1.29 is 28.5 Å². The fraction of sp³-hybridized carbons (Fsp3) is 0.350. The molecule has 1 aromatic carbocycles. The van der Waals surface area contributed by atoms with Gasteiger partial charge in [0.25, 0.3) is 0 Å². The molecule has 0 saturated carbocycles. The minimum Gasteiger partial charge on any atom is -0.493 e. The lowest BCUT2D eigenvalue weighted by atomic mass is 10.0. The van der Waals surface area contributed by atoms with Crippen LogP contribution >= 0.6 is 0 Å². The van der Waals surface area contributed by atoms with Crippen molar-refractivity contribution in [3.63, 3.8) is 0 Å². The molecule has 0 atom stereocenters. The van der Waals surface area contributed by atoms with Crippen molar-refractivity contribution in [2.24, 2.45) is 0 Å². The molecule has 7 nitrogen and oxygen atoms in total. The maximum absolute atomic E-state index is 12.6. The minimum absolute atomic E-state index is 0.0567. The summed E-state index contributed by atoms with van der Waals surface area (Å²) in [5.41, 5.74) is 1.53. The van der Waals surface area contributed by atoms with E-state index < -0.39 is 0 Å². The lowest BCUT2D eigenvalue weighted by Gasteiger charge is -2.13.